The molecule has 6 nitrogen and oxygen atoms in total. The lowest BCUT2D eigenvalue weighted by atomic mass is 10.3. The summed E-state index contributed by atoms with van der Waals surface area (Å²) in [6.07, 6.45) is 1.59. The van der Waals surface area contributed by atoms with Crippen LogP contribution < -0.4 is 11.0 Å². The Morgan fingerprint density at radius 3 is 2.73 bits per heavy atom. The molecule has 7 heteroatoms. The van der Waals surface area contributed by atoms with Crippen molar-refractivity contribution in [2.45, 2.75) is 6.54 Å². The summed E-state index contributed by atoms with van der Waals surface area (Å²) in [5, 5.41) is 2.62. The Kier molecular flexibility index (Phi) is 3.46. The number of hydrogen-bond acceptors (Lipinski definition) is 3. The molecule has 0 saturated carbocycles. The van der Waals surface area contributed by atoms with E-state index in [1.807, 2.05) is 0 Å². The van der Waals surface area contributed by atoms with Crippen LogP contribution in [0, 0.1) is 5.82 Å². The minimum absolute atomic E-state index is 0.140. The van der Waals surface area contributed by atoms with E-state index < -0.39 is 0 Å². The molecule has 1 N–H and O–H groups in total. The largest absolute Gasteiger partial charge is 0.330 e. The first kappa shape index (κ1) is 14.0. The fourth-order valence-corrected chi connectivity index (χ4v) is 2.26. The molecule has 3 aromatic rings. The first-order chi connectivity index (χ1) is 10.6. The number of carbonyl (C=O) groups excluding carboxylic acids is 1. The number of carbonyl (C=O) groups is 1. The summed E-state index contributed by atoms with van der Waals surface area (Å²) in [4.78, 5) is 28.4. The van der Waals surface area contributed by atoms with Gasteiger partial charge in [0.05, 0.1) is 5.52 Å². The minimum atomic E-state index is -0.380. The maximum atomic E-state index is 12.8. The number of aryl methyl sites for hydroxylation is 1. The number of nitrogens with zero attached hydrogens (tertiary/aromatic N) is 3. The molecule has 0 bridgehead atoms. The Labute approximate surface area is 124 Å². The molecule has 2 heterocycles. The molecule has 0 spiro atoms. The minimum Gasteiger partial charge on any atom is -0.325 e. The number of anilines is 1. The van der Waals surface area contributed by atoms with E-state index in [1.165, 1.54) is 33.4 Å². The Balaban J connectivity index is 1.87. The second-order valence-electron chi connectivity index (χ2n) is 4.83. The van der Waals surface area contributed by atoms with Crippen LogP contribution in [0.3, 0.4) is 0 Å². The summed E-state index contributed by atoms with van der Waals surface area (Å²) in [5.74, 6) is -0.751. The van der Waals surface area contributed by atoms with Crippen molar-refractivity contribution < 1.29 is 9.18 Å². The Hall–Kier alpha value is -2.96. The Bertz CT molecular complexity index is 896. The van der Waals surface area contributed by atoms with Crippen molar-refractivity contribution in [2.75, 3.05) is 5.32 Å². The van der Waals surface area contributed by atoms with Crippen LogP contribution in [0.2, 0.25) is 0 Å². The normalized spacial score (nSPS) is 10.8. The number of imidazole rings is 1. The van der Waals surface area contributed by atoms with E-state index in [0.717, 1.165) is 0 Å². The van der Waals surface area contributed by atoms with Gasteiger partial charge in [-0.15, -0.1) is 0 Å². The number of benzene rings is 1. The quantitative estimate of drug-likeness (QED) is 0.797. The zero-order valence-corrected chi connectivity index (χ0v) is 11.8. The van der Waals surface area contributed by atoms with Gasteiger partial charge >= 0.3 is 5.69 Å². The standard InChI is InChI=1S/C15H13FN4O2/c1-19-14-12(3-2-8-17-14)20(15(19)22)9-13(21)18-11-6-4-10(16)5-7-11/h2-8H,9H2,1H3,(H,18,21). The van der Waals surface area contributed by atoms with Gasteiger partial charge in [0.15, 0.2) is 5.65 Å². The molecule has 0 atom stereocenters. The van der Waals surface area contributed by atoms with Crippen LogP contribution in [0.4, 0.5) is 10.1 Å². The highest BCUT2D eigenvalue weighted by molar-refractivity contribution is 5.91. The third kappa shape index (κ3) is 2.48. The molecule has 0 aliphatic carbocycles. The van der Waals surface area contributed by atoms with Crippen LogP contribution in [-0.2, 0) is 18.4 Å². The van der Waals surface area contributed by atoms with Gasteiger partial charge in [-0.05, 0) is 36.4 Å². The highest BCUT2D eigenvalue weighted by Crippen LogP contribution is 2.10. The van der Waals surface area contributed by atoms with Gasteiger partial charge in [-0.25, -0.2) is 14.2 Å². The summed E-state index contributed by atoms with van der Waals surface area (Å²) < 4.78 is 15.6. The Morgan fingerprint density at radius 1 is 1.27 bits per heavy atom. The third-order valence-electron chi connectivity index (χ3n) is 3.32. The smallest absolute Gasteiger partial charge is 0.325 e. The molecular weight excluding hydrogens is 287 g/mol. The molecule has 0 fully saturated rings. The van der Waals surface area contributed by atoms with Crippen molar-refractivity contribution in [3.8, 4) is 0 Å². The number of pyridine rings is 1. The molecule has 0 saturated heterocycles. The number of aromatic nitrogens is 3. The van der Waals surface area contributed by atoms with Gasteiger partial charge in [-0.1, -0.05) is 0 Å². The van der Waals surface area contributed by atoms with E-state index >= 15 is 0 Å². The van der Waals surface area contributed by atoms with Gasteiger partial charge in [0.1, 0.15) is 12.4 Å². The Morgan fingerprint density at radius 2 is 2.00 bits per heavy atom. The molecule has 1 amide bonds. The summed E-state index contributed by atoms with van der Waals surface area (Å²) in [6, 6.07) is 8.86. The number of nitrogens with one attached hydrogen (secondary N) is 1. The van der Waals surface area contributed by atoms with Gasteiger partial charge in [-0.2, -0.15) is 0 Å². The van der Waals surface area contributed by atoms with Crippen LogP contribution in [0.1, 0.15) is 0 Å². The van der Waals surface area contributed by atoms with Crippen LogP contribution >= 0.6 is 0 Å². The first-order valence-electron chi connectivity index (χ1n) is 6.62. The maximum Gasteiger partial charge on any atom is 0.330 e. The molecule has 2 aromatic heterocycles. The monoisotopic (exact) mass is 300 g/mol. The number of fused-ring (bicyclic) bond motifs is 1. The van der Waals surface area contributed by atoms with Crippen LogP contribution in [0.25, 0.3) is 11.2 Å². The molecule has 0 aliphatic heterocycles. The SMILES string of the molecule is Cn1c(=O)n(CC(=O)Nc2ccc(F)cc2)c2cccnc21. The van der Waals surface area contributed by atoms with Crippen molar-refractivity contribution in [3.63, 3.8) is 0 Å². The average Bonchev–Trinajstić information content (AvgIpc) is 2.75. The van der Waals surface area contributed by atoms with Crippen molar-refractivity contribution >= 4 is 22.8 Å². The predicted molar refractivity (Wildman–Crippen MR) is 80.0 cm³/mol. The highest BCUT2D eigenvalue weighted by atomic mass is 19.1. The fourth-order valence-electron chi connectivity index (χ4n) is 2.26. The summed E-state index contributed by atoms with van der Waals surface area (Å²) in [5.41, 5.74) is 1.26. The lowest BCUT2D eigenvalue weighted by Crippen LogP contribution is -2.28. The van der Waals surface area contributed by atoms with E-state index in [-0.39, 0.29) is 24.0 Å². The van der Waals surface area contributed by atoms with Crippen molar-refractivity contribution in [1.29, 1.82) is 0 Å². The third-order valence-corrected chi connectivity index (χ3v) is 3.32. The second kappa shape index (κ2) is 5.44. The van der Waals surface area contributed by atoms with Gasteiger partial charge in [0, 0.05) is 18.9 Å². The van der Waals surface area contributed by atoms with Crippen molar-refractivity contribution in [1.82, 2.24) is 14.1 Å². The maximum absolute atomic E-state index is 12.8. The highest BCUT2D eigenvalue weighted by Gasteiger charge is 2.14. The molecule has 1 aromatic carbocycles. The van der Waals surface area contributed by atoms with Crippen LogP contribution in [-0.4, -0.2) is 20.0 Å². The topological polar surface area (TPSA) is 68.9 Å². The van der Waals surface area contributed by atoms with Gasteiger partial charge in [0.2, 0.25) is 5.91 Å². The summed E-state index contributed by atoms with van der Waals surface area (Å²) in [6.45, 7) is -0.140. The number of hydrogen-bond donors (Lipinski definition) is 1. The summed E-state index contributed by atoms with van der Waals surface area (Å²) >= 11 is 0. The number of halogens is 1. The zero-order chi connectivity index (χ0) is 15.7. The fraction of sp³-hybridized carbons (Fsp3) is 0.133. The van der Waals surface area contributed by atoms with Crippen molar-refractivity contribution in [3.05, 3.63) is 58.9 Å². The molecule has 0 unspecified atom stereocenters. The van der Waals surface area contributed by atoms with E-state index in [0.29, 0.717) is 16.9 Å². The van der Waals surface area contributed by atoms with Gasteiger partial charge in [0.25, 0.3) is 0 Å². The van der Waals surface area contributed by atoms with Gasteiger partial charge in [-0.3, -0.25) is 13.9 Å². The number of rotatable bonds is 3. The van der Waals surface area contributed by atoms with E-state index in [4.69, 9.17) is 0 Å². The zero-order valence-electron chi connectivity index (χ0n) is 11.8. The van der Waals surface area contributed by atoms with Gasteiger partial charge < -0.3 is 5.32 Å². The molecule has 0 aliphatic rings. The molecule has 112 valence electrons. The van der Waals surface area contributed by atoms with Crippen LogP contribution in [0.15, 0.2) is 47.4 Å². The van der Waals surface area contributed by atoms with E-state index in [2.05, 4.69) is 10.3 Å². The average molecular weight is 300 g/mol. The summed E-state index contributed by atoms with van der Waals surface area (Å²) in [7, 11) is 1.60. The number of amides is 1. The lowest BCUT2D eigenvalue weighted by Gasteiger charge is -2.06. The second-order valence-corrected chi connectivity index (χ2v) is 4.83. The molecular formula is C15H13FN4O2. The predicted octanol–water partition coefficient (Wildman–Crippen LogP) is 1.51. The molecule has 3 rings (SSSR count). The molecule has 0 radical (unpaired) electrons. The van der Waals surface area contributed by atoms with E-state index in [1.54, 1.807) is 25.4 Å². The lowest BCUT2D eigenvalue weighted by molar-refractivity contribution is -0.116. The van der Waals surface area contributed by atoms with Crippen LogP contribution in [0.5, 0.6) is 0 Å². The van der Waals surface area contributed by atoms with Crippen molar-refractivity contribution in [2.24, 2.45) is 7.05 Å². The van der Waals surface area contributed by atoms with E-state index in [9.17, 15) is 14.0 Å². The first-order valence-corrected chi connectivity index (χ1v) is 6.62. The molecule has 22 heavy (non-hydrogen) atoms.